The van der Waals surface area contributed by atoms with Crippen LogP contribution in [0.25, 0.3) is 0 Å². The molecule has 2 aromatic carbocycles. The lowest BCUT2D eigenvalue weighted by Gasteiger charge is -2.29. The molecule has 3 N–H and O–H groups in total. The molecule has 25 heavy (non-hydrogen) atoms. The Balaban J connectivity index is 1.45. The van der Waals surface area contributed by atoms with Crippen molar-refractivity contribution >= 4 is 6.09 Å². The van der Waals surface area contributed by atoms with Crippen LogP contribution in [0.4, 0.5) is 4.79 Å². The minimum Gasteiger partial charge on any atom is -0.508 e. The quantitative estimate of drug-likeness (QED) is 0.784. The molecule has 0 bridgehead atoms. The average Bonchev–Trinajstić information content (AvgIpc) is 2.62. The van der Waals surface area contributed by atoms with Gasteiger partial charge in [0.1, 0.15) is 17.6 Å². The van der Waals surface area contributed by atoms with Gasteiger partial charge in [-0.3, -0.25) is 0 Å². The number of amides is 1. The van der Waals surface area contributed by atoms with Gasteiger partial charge in [0.15, 0.2) is 0 Å². The molecule has 5 nitrogen and oxygen atoms in total. The van der Waals surface area contributed by atoms with E-state index in [4.69, 9.17) is 4.74 Å². The maximum Gasteiger partial charge on any atom is 0.407 e. The minimum atomic E-state index is -0.389. The van der Waals surface area contributed by atoms with Crippen molar-refractivity contribution < 1.29 is 19.7 Å². The molecule has 3 rings (SSSR count). The second kappa shape index (κ2) is 7.92. The summed E-state index contributed by atoms with van der Waals surface area (Å²) >= 11 is 0. The van der Waals surface area contributed by atoms with Gasteiger partial charge in [-0.25, -0.2) is 4.79 Å². The van der Waals surface area contributed by atoms with E-state index in [0.29, 0.717) is 6.54 Å². The molecule has 0 atom stereocenters. The SMILES string of the molecule is O=C(NCc1ccccc1)O[C@H]1CC[C@H](c2ccc(O)cc2O)CC1. The Morgan fingerprint density at radius 2 is 1.76 bits per heavy atom. The zero-order valence-electron chi connectivity index (χ0n) is 14.0. The van der Waals surface area contributed by atoms with Crippen molar-refractivity contribution in [3.05, 3.63) is 59.7 Å². The van der Waals surface area contributed by atoms with Crippen LogP contribution in [0, 0.1) is 0 Å². The number of nitrogens with one attached hydrogen (secondary N) is 1. The maximum absolute atomic E-state index is 11.9. The number of hydrogen-bond donors (Lipinski definition) is 3. The van der Waals surface area contributed by atoms with Crippen LogP contribution in [-0.4, -0.2) is 22.4 Å². The molecule has 1 aliphatic rings. The number of rotatable bonds is 4. The van der Waals surface area contributed by atoms with E-state index in [0.717, 1.165) is 36.8 Å². The van der Waals surface area contributed by atoms with E-state index in [2.05, 4.69) is 5.32 Å². The molecule has 132 valence electrons. The summed E-state index contributed by atoms with van der Waals surface area (Å²) in [5.41, 5.74) is 1.88. The predicted octanol–water partition coefficient (Wildman–Crippen LogP) is 4.05. The van der Waals surface area contributed by atoms with E-state index in [1.807, 2.05) is 30.3 Å². The van der Waals surface area contributed by atoms with Gasteiger partial charge in [-0.15, -0.1) is 0 Å². The number of hydrogen-bond acceptors (Lipinski definition) is 4. The third kappa shape index (κ3) is 4.66. The second-order valence-corrected chi connectivity index (χ2v) is 6.46. The Labute approximate surface area is 147 Å². The second-order valence-electron chi connectivity index (χ2n) is 6.46. The first-order valence-electron chi connectivity index (χ1n) is 8.62. The molecule has 1 amide bonds. The largest absolute Gasteiger partial charge is 0.508 e. The van der Waals surface area contributed by atoms with E-state index >= 15 is 0 Å². The third-order valence-electron chi connectivity index (χ3n) is 4.68. The van der Waals surface area contributed by atoms with Crippen molar-refractivity contribution in [1.82, 2.24) is 5.32 Å². The van der Waals surface area contributed by atoms with Crippen LogP contribution in [-0.2, 0) is 11.3 Å². The Bertz CT molecular complexity index is 709. The monoisotopic (exact) mass is 341 g/mol. The van der Waals surface area contributed by atoms with Gasteiger partial charge < -0.3 is 20.3 Å². The lowest BCUT2D eigenvalue weighted by molar-refractivity contribution is 0.0709. The molecule has 0 heterocycles. The number of ether oxygens (including phenoxy) is 1. The molecular formula is C20H23NO4. The fourth-order valence-electron chi connectivity index (χ4n) is 3.33. The number of carbonyl (C=O) groups is 1. The smallest absolute Gasteiger partial charge is 0.407 e. The molecule has 1 fully saturated rings. The van der Waals surface area contributed by atoms with E-state index in [9.17, 15) is 15.0 Å². The maximum atomic E-state index is 11.9. The van der Waals surface area contributed by atoms with Crippen LogP contribution in [0.5, 0.6) is 11.5 Å². The highest BCUT2D eigenvalue weighted by Crippen LogP contribution is 2.39. The van der Waals surface area contributed by atoms with Crippen molar-refractivity contribution in [2.45, 2.75) is 44.2 Å². The molecule has 0 aromatic heterocycles. The van der Waals surface area contributed by atoms with Crippen LogP contribution in [0.3, 0.4) is 0 Å². The topological polar surface area (TPSA) is 78.8 Å². The summed E-state index contributed by atoms with van der Waals surface area (Å²) in [5, 5.41) is 22.1. The fraction of sp³-hybridized carbons (Fsp3) is 0.350. The van der Waals surface area contributed by atoms with Gasteiger partial charge in [0, 0.05) is 12.6 Å². The normalized spacial score (nSPS) is 20.0. The van der Waals surface area contributed by atoms with Gasteiger partial charge in [0.05, 0.1) is 0 Å². The minimum absolute atomic E-state index is 0.0633. The van der Waals surface area contributed by atoms with E-state index in [-0.39, 0.29) is 29.6 Å². The van der Waals surface area contributed by atoms with Crippen LogP contribution in [0.2, 0.25) is 0 Å². The molecule has 1 aliphatic carbocycles. The highest BCUT2D eigenvalue weighted by atomic mass is 16.6. The Hall–Kier alpha value is -2.69. The van der Waals surface area contributed by atoms with Crippen LogP contribution < -0.4 is 5.32 Å². The molecule has 0 spiro atoms. The van der Waals surface area contributed by atoms with Gasteiger partial charge in [-0.2, -0.15) is 0 Å². The van der Waals surface area contributed by atoms with E-state index < -0.39 is 0 Å². The number of alkyl carbamates (subject to hydrolysis) is 1. The van der Waals surface area contributed by atoms with Gasteiger partial charge in [-0.1, -0.05) is 36.4 Å². The van der Waals surface area contributed by atoms with E-state index in [1.165, 1.54) is 6.07 Å². The number of phenolic OH excluding ortho intramolecular Hbond substituents is 2. The van der Waals surface area contributed by atoms with Crippen LogP contribution in [0.15, 0.2) is 48.5 Å². The lowest BCUT2D eigenvalue weighted by atomic mass is 9.82. The number of phenols is 2. The van der Waals surface area contributed by atoms with Gasteiger partial charge >= 0.3 is 6.09 Å². The lowest BCUT2D eigenvalue weighted by Crippen LogP contribution is -2.30. The Morgan fingerprint density at radius 1 is 1.04 bits per heavy atom. The highest BCUT2D eigenvalue weighted by molar-refractivity contribution is 5.67. The predicted molar refractivity (Wildman–Crippen MR) is 94.5 cm³/mol. The highest BCUT2D eigenvalue weighted by Gasteiger charge is 2.26. The first kappa shape index (κ1) is 17.1. The van der Waals surface area contributed by atoms with Gasteiger partial charge in [0.2, 0.25) is 0 Å². The Morgan fingerprint density at radius 3 is 2.44 bits per heavy atom. The molecule has 0 saturated heterocycles. The van der Waals surface area contributed by atoms with Crippen molar-refractivity contribution in [2.24, 2.45) is 0 Å². The summed E-state index contributed by atoms with van der Waals surface area (Å²) in [5.74, 6) is 0.422. The van der Waals surface area contributed by atoms with Crippen molar-refractivity contribution in [1.29, 1.82) is 0 Å². The summed E-state index contributed by atoms with van der Waals surface area (Å²) in [6.45, 7) is 0.455. The molecule has 2 aromatic rings. The summed E-state index contributed by atoms with van der Waals surface area (Å²) < 4.78 is 5.49. The third-order valence-corrected chi connectivity index (χ3v) is 4.68. The molecule has 0 aliphatic heterocycles. The van der Waals surface area contributed by atoms with Gasteiger partial charge in [-0.05, 0) is 48.8 Å². The number of benzene rings is 2. The first-order valence-corrected chi connectivity index (χ1v) is 8.62. The summed E-state index contributed by atoms with van der Waals surface area (Å²) in [7, 11) is 0. The molecule has 0 unspecified atom stereocenters. The van der Waals surface area contributed by atoms with E-state index in [1.54, 1.807) is 12.1 Å². The van der Waals surface area contributed by atoms with Gasteiger partial charge in [0.25, 0.3) is 0 Å². The zero-order chi connectivity index (χ0) is 17.6. The van der Waals surface area contributed by atoms with Crippen LogP contribution in [0.1, 0.15) is 42.7 Å². The number of carbonyl (C=O) groups excluding carboxylic acids is 1. The van der Waals surface area contributed by atoms with Crippen molar-refractivity contribution in [3.63, 3.8) is 0 Å². The molecule has 0 radical (unpaired) electrons. The van der Waals surface area contributed by atoms with Crippen molar-refractivity contribution in [3.8, 4) is 11.5 Å². The fourth-order valence-corrected chi connectivity index (χ4v) is 3.33. The zero-order valence-corrected chi connectivity index (χ0v) is 14.0. The average molecular weight is 341 g/mol. The summed E-state index contributed by atoms with van der Waals surface area (Å²) in [6, 6.07) is 14.4. The standard InChI is InChI=1S/C20H23NO4/c22-16-8-11-18(19(23)12-16)15-6-9-17(10-7-15)25-20(24)21-13-14-4-2-1-3-5-14/h1-5,8,11-12,15,17,22-23H,6-7,9-10,13H2,(H,21,24)/t15-,17-. The first-order chi connectivity index (χ1) is 12.1. The van der Waals surface area contributed by atoms with Crippen LogP contribution >= 0.6 is 0 Å². The Kier molecular flexibility index (Phi) is 5.43. The molecular weight excluding hydrogens is 318 g/mol. The summed E-state index contributed by atoms with van der Waals surface area (Å²) in [6.07, 6.45) is 2.74. The number of aromatic hydroxyl groups is 2. The molecule has 5 heteroatoms. The van der Waals surface area contributed by atoms with Crippen molar-refractivity contribution in [2.75, 3.05) is 0 Å². The molecule has 1 saturated carbocycles. The summed E-state index contributed by atoms with van der Waals surface area (Å²) in [4.78, 5) is 11.9.